The number of hydrogen-bond donors (Lipinski definition) is 3. The van der Waals surface area contributed by atoms with Gasteiger partial charge in [0.2, 0.25) is 0 Å². The number of esters is 1. The molecule has 26 heavy (non-hydrogen) atoms. The van der Waals surface area contributed by atoms with Crippen molar-refractivity contribution in [2.24, 2.45) is 10.9 Å². The third-order valence-electron chi connectivity index (χ3n) is 4.08. The number of H-pyrrole nitrogens is 1. The van der Waals surface area contributed by atoms with E-state index in [0.717, 1.165) is 19.5 Å². The van der Waals surface area contributed by atoms with E-state index in [1.54, 1.807) is 0 Å². The molecule has 6 nitrogen and oxygen atoms in total. The summed E-state index contributed by atoms with van der Waals surface area (Å²) in [5.41, 5.74) is 3.70. The molecule has 0 aliphatic rings. The molecule has 1 unspecified atom stereocenters. The lowest BCUT2D eigenvalue weighted by Gasteiger charge is -2.12. The number of rotatable bonds is 7. The summed E-state index contributed by atoms with van der Waals surface area (Å²) in [4.78, 5) is 19.3. The second-order valence-corrected chi connectivity index (χ2v) is 6.18. The van der Waals surface area contributed by atoms with Gasteiger partial charge in [0, 0.05) is 30.2 Å². The lowest BCUT2D eigenvalue weighted by molar-refractivity contribution is -0.144. The number of carbonyl (C=O) groups excluding carboxylic acids is 1. The van der Waals surface area contributed by atoms with Crippen molar-refractivity contribution in [3.05, 3.63) is 35.5 Å². The van der Waals surface area contributed by atoms with Crippen molar-refractivity contribution in [1.82, 2.24) is 15.6 Å². The van der Waals surface area contributed by atoms with Gasteiger partial charge in [0.1, 0.15) is 0 Å². The third kappa shape index (κ3) is 6.19. The summed E-state index contributed by atoms with van der Waals surface area (Å²) in [5.74, 6) is 0.222. The molecular weight excluding hydrogens is 443 g/mol. The highest BCUT2D eigenvalue weighted by atomic mass is 127. The Morgan fingerprint density at radius 2 is 2.12 bits per heavy atom. The average molecular weight is 472 g/mol. The fraction of sp³-hybridized carbons (Fsp3) is 0.474. The molecule has 0 aliphatic heterocycles. The summed E-state index contributed by atoms with van der Waals surface area (Å²) < 4.78 is 4.73. The number of carbonyl (C=O) groups is 1. The normalized spacial score (nSPS) is 12.4. The summed E-state index contributed by atoms with van der Waals surface area (Å²) in [7, 11) is 1.40. The quantitative estimate of drug-likeness (QED) is 0.251. The molecule has 1 aromatic heterocycles. The second kappa shape index (κ2) is 11.1. The number of halogens is 1. The first-order valence-corrected chi connectivity index (χ1v) is 8.71. The van der Waals surface area contributed by atoms with E-state index in [2.05, 4.69) is 51.9 Å². The van der Waals surface area contributed by atoms with E-state index < -0.39 is 0 Å². The zero-order valence-electron chi connectivity index (χ0n) is 15.9. The molecular formula is C19H29IN4O2. The van der Waals surface area contributed by atoms with Gasteiger partial charge in [-0.2, -0.15) is 0 Å². The number of nitrogens with zero attached hydrogens (tertiary/aromatic N) is 1. The number of aromatic nitrogens is 1. The van der Waals surface area contributed by atoms with Gasteiger partial charge in [-0.15, -0.1) is 24.0 Å². The molecule has 0 saturated carbocycles. The second-order valence-electron chi connectivity index (χ2n) is 6.18. The molecule has 7 heteroatoms. The maximum absolute atomic E-state index is 11.5. The number of aryl methyl sites for hydroxylation is 1. The third-order valence-corrected chi connectivity index (χ3v) is 4.08. The van der Waals surface area contributed by atoms with E-state index in [1.807, 2.05) is 13.8 Å². The van der Waals surface area contributed by atoms with Crippen LogP contribution < -0.4 is 10.6 Å². The summed E-state index contributed by atoms with van der Waals surface area (Å²) in [6.07, 6.45) is 2.95. The summed E-state index contributed by atoms with van der Waals surface area (Å²) in [6, 6.07) is 6.45. The molecule has 0 fully saturated rings. The first kappa shape index (κ1) is 22.3. The maximum Gasteiger partial charge on any atom is 0.310 e. The number of guanidine groups is 1. The minimum atomic E-state index is -0.252. The van der Waals surface area contributed by atoms with Crippen molar-refractivity contribution in [1.29, 1.82) is 0 Å². The first-order valence-electron chi connectivity index (χ1n) is 8.71. The molecule has 0 bridgehead atoms. The van der Waals surface area contributed by atoms with Gasteiger partial charge in [0.25, 0.3) is 0 Å². The van der Waals surface area contributed by atoms with Crippen molar-refractivity contribution in [2.45, 2.75) is 27.2 Å². The summed E-state index contributed by atoms with van der Waals surface area (Å²) in [6.45, 7) is 7.85. The van der Waals surface area contributed by atoms with Gasteiger partial charge < -0.3 is 20.4 Å². The van der Waals surface area contributed by atoms with Gasteiger partial charge in [-0.1, -0.05) is 19.1 Å². The molecule has 0 aliphatic carbocycles. The Hall–Kier alpha value is -1.77. The number of aliphatic imine (C=N–C) groups is 1. The lowest BCUT2D eigenvalue weighted by atomic mass is 10.1. The van der Waals surface area contributed by atoms with Crippen molar-refractivity contribution < 1.29 is 9.53 Å². The molecule has 1 heterocycles. The topological polar surface area (TPSA) is 78.5 Å². The highest BCUT2D eigenvalue weighted by Gasteiger charge is 2.12. The number of aromatic amines is 1. The van der Waals surface area contributed by atoms with Crippen LogP contribution in [0.2, 0.25) is 0 Å². The number of benzene rings is 1. The summed E-state index contributed by atoms with van der Waals surface area (Å²) >= 11 is 0. The van der Waals surface area contributed by atoms with Crippen LogP contribution in [0.3, 0.4) is 0 Å². The molecule has 0 radical (unpaired) electrons. The van der Waals surface area contributed by atoms with Crippen LogP contribution >= 0.6 is 24.0 Å². The largest absolute Gasteiger partial charge is 0.469 e. The van der Waals surface area contributed by atoms with E-state index in [1.165, 1.54) is 29.1 Å². The minimum absolute atomic E-state index is 0. The molecule has 0 amide bonds. The van der Waals surface area contributed by atoms with Crippen molar-refractivity contribution in [2.75, 3.05) is 26.7 Å². The van der Waals surface area contributed by atoms with Crippen LogP contribution in [0.25, 0.3) is 10.9 Å². The lowest BCUT2D eigenvalue weighted by Crippen LogP contribution is -2.38. The monoisotopic (exact) mass is 472 g/mol. The van der Waals surface area contributed by atoms with Crippen molar-refractivity contribution >= 4 is 46.8 Å². The van der Waals surface area contributed by atoms with Crippen LogP contribution in [0.1, 0.15) is 25.0 Å². The van der Waals surface area contributed by atoms with Gasteiger partial charge >= 0.3 is 5.97 Å². The fourth-order valence-corrected chi connectivity index (χ4v) is 2.67. The molecule has 0 saturated heterocycles. The molecule has 0 spiro atoms. The Labute approximate surface area is 172 Å². The van der Waals surface area contributed by atoms with Gasteiger partial charge in [0.05, 0.1) is 19.6 Å². The number of methoxy groups -OCH3 is 1. The molecule has 2 rings (SSSR count). The molecule has 144 valence electrons. The SMILES string of the molecule is CCNC(=NCC(C)C(=O)OC)NCCc1c[nH]c2cc(C)ccc12.I. The van der Waals surface area contributed by atoms with Crippen LogP contribution in [0.5, 0.6) is 0 Å². The maximum atomic E-state index is 11.5. The van der Waals surface area contributed by atoms with Crippen LogP contribution in [-0.2, 0) is 16.0 Å². The van der Waals surface area contributed by atoms with Crippen LogP contribution in [-0.4, -0.2) is 43.7 Å². The van der Waals surface area contributed by atoms with Crippen LogP contribution in [0.15, 0.2) is 29.4 Å². The van der Waals surface area contributed by atoms with E-state index in [9.17, 15) is 4.79 Å². The minimum Gasteiger partial charge on any atom is -0.469 e. The van der Waals surface area contributed by atoms with E-state index in [-0.39, 0.29) is 35.9 Å². The standard InChI is InChI=1S/C19H28N4O2.HI/c1-5-20-19(23-11-14(3)18(24)25-4)21-9-8-15-12-22-17-10-13(2)6-7-16(15)17;/h6-7,10,12,14,22H,5,8-9,11H2,1-4H3,(H2,20,21,23);1H. The number of hydrogen-bond acceptors (Lipinski definition) is 3. The van der Waals surface area contributed by atoms with Crippen molar-refractivity contribution in [3.63, 3.8) is 0 Å². The zero-order chi connectivity index (χ0) is 18.2. The Morgan fingerprint density at radius 3 is 2.81 bits per heavy atom. The Kier molecular flexibility index (Phi) is 9.47. The Bertz CT molecular complexity index is 742. The van der Waals surface area contributed by atoms with Gasteiger partial charge in [-0.3, -0.25) is 9.79 Å². The summed E-state index contributed by atoms with van der Waals surface area (Å²) in [5, 5.41) is 7.78. The predicted molar refractivity (Wildman–Crippen MR) is 117 cm³/mol. The number of fused-ring (bicyclic) bond motifs is 1. The molecule has 1 atom stereocenters. The Balaban J connectivity index is 0.00000338. The van der Waals surface area contributed by atoms with Gasteiger partial charge in [0.15, 0.2) is 5.96 Å². The number of ether oxygens (including phenoxy) is 1. The van der Waals surface area contributed by atoms with Gasteiger partial charge in [-0.25, -0.2) is 0 Å². The van der Waals surface area contributed by atoms with E-state index >= 15 is 0 Å². The molecule has 3 N–H and O–H groups in total. The van der Waals surface area contributed by atoms with Crippen LogP contribution in [0, 0.1) is 12.8 Å². The fourth-order valence-electron chi connectivity index (χ4n) is 2.67. The number of nitrogens with one attached hydrogen (secondary N) is 3. The van der Waals surface area contributed by atoms with E-state index in [0.29, 0.717) is 12.5 Å². The Morgan fingerprint density at radius 1 is 1.35 bits per heavy atom. The van der Waals surface area contributed by atoms with Gasteiger partial charge in [-0.05, 0) is 37.5 Å². The highest BCUT2D eigenvalue weighted by molar-refractivity contribution is 14.0. The average Bonchev–Trinajstić information content (AvgIpc) is 3.00. The zero-order valence-corrected chi connectivity index (χ0v) is 18.2. The predicted octanol–water partition coefficient (Wildman–Crippen LogP) is 3.00. The highest BCUT2D eigenvalue weighted by Crippen LogP contribution is 2.19. The molecule has 2 aromatic rings. The van der Waals surface area contributed by atoms with Crippen molar-refractivity contribution in [3.8, 4) is 0 Å². The van der Waals surface area contributed by atoms with Crippen LogP contribution in [0.4, 0.5) is 0 Å². The first-order chi connectivity index (χ1) is 12.0. The molecule has 1 aromatic carbocycles. The van der Waals surface area contributed by atoms with E-state index in [4.69, 9.17) is 4.74 Å². The smallest absolute Gasteiger partial charge is 0.310 e.